The number of carbonyl (C=O) groups is 1. The second-order valence-corrected chi connectivity index (χ2v) is 10.1. The van der Waals surface area contributed by atoms with Gasteiger partial charge in [-0.25, -0.2) is 8.42 Å². The van der Waals surface area contributed by atoms with Crippen molar-refractivity contribution >= 4 is 21.6 Å². The molecule has 34 heavy (non-hydrogen) atoms. The number of fused-ring (bicyclic) bond motifs is 1. The number of alkyl halides is 3. The molecule has 0 N–H and O–H groups in total. The van der Waals surface area contributed by atoms with E-state index in [2.05, 4.69) is 4.90 Å². The van der Waals surface area contributed by atoms with Crippen molar-refractivity contribution in [3.05, 3.63) is 53.6 Å². The maximum Gasteiger partial charge on any atom is 0.416 e. The van der Waals surface area contributed by atoms with Crippen molar-refractivity contribution in [2.45, 2.75) is 12.7 Å². The number of amides is 1. The lowest BCUT2D eigenvalue weighted by molar-refractivity contribution is -0.137. The number of sulfonamides is 1. The second kappa shape index (κ2) is 9.34. The molecule has 2 aromatic carbocycles. The molecular formula is C22H24F3N3O5S. The van der Waals surface area contributed by atoms with Gasteiger partial charge >= 0.3 is 6.18 Å². The Morgan fingerprint density at radius 3 is 2.41 bits per heavy atom. The van der Waals surface area contributed by atoms with Crippen molar-refractivity contribution in [2.75, 3.05) is 50.1 Å². The molecule has 0 bridgehead atoms. The fourth-order valence-electron chi connectivity index (χ4n) is 3.91. The van der Waals surface area contributed by atoms with Crippen molar-refractivity contribution in [2.24, 2.45) is 0 Å². The van der Waals surface area contributed by atoms with E-state index in [1.54, 1.807) is 0 Å². The third-order valence-electron chi connectivity index (χ3n) is 5.71. The first kappa shape index (κ1) is 24.1. The highest BCUT2D eigenvalue weighted by molar-refractivity contribution is 7.92. The fraction of sp³-hybridized carbons (Fsp3) is 0.409. The standard InChI is InChI=1S/C22H24F3N3O5S/c1-34(30,31)28(18-4-2-3-17(12-18)22(23,24)25)14-21(29)27-9-7-26(8-10-27)13-16-5-6-19-20(11-16)33-15-32-19/h2-6,11-12H,7-10,13-15H2,1H3. The summed E-state index contributed by atoms with van der Waals surface area (Å²) in [4.78, 5) is 16.5. The van der Waals surface area contributed by atoms with Crippen LogP contribution < -0.4 is 13.8 Å². The number of anilines is 1. The highest BCUT2D eigenvalue weighted by atomic mass is 32.2. The van der Waals surface area contributed by atoms with E-state index >= 15 is 0 Å². The fourth-order valence-corrected chi connectivity index (χ4v) is 4.75. The molecule has 184 valence electrons. The van der Waals surface area contributed by atoms with Crippen LogP contribution in [-0.4, -0.2) is 69.9 Å². The van der Waals surface area contributed by atoms with Crippen LogP contribution >= 0.6 is 0 Å². The van der Waals surface area contributed by atoms with Crippen molar-refractivity contribution in [3.63, 3.8) is 0 Å². The van der Waals surface area contributed by atoms with Crippen LogP contribution in [0.4, 0.5) is 18.9 Å². The summed E-state index contributed by atoms with van der Waals surface area (Å²) in [7, 11) is -3.98. The minimum Gasteiger partial charge on any atom is -0.454 e. The van der Waals surface area contributed by atoms with Gasteiger partial charge in [-0.05, 0) is 35.9 Å². The molecule has 2 heterocycles. The smallest absolute Gasteiger partial charge is 0.416 e. The molecule has 0 saturated carbocycles. The highest BCUT2D eigenvalue weighted by Crippen LogP contribution is 2.33. The molecule has 2 aliphatic rings. The Labute approximate surface area is 195 Å². The van der Waals surface area contributed by atoms with Gasteiger partial charge in [-0.3, -0.25) is 14.0 Å². The van der Waals surface area contributed by atoms with E-state index in [1.165, 1.54) is 11.0 Å². The van der Waals surface area contributed by atoms with E-state index in [1.807, 2.05) is 18.2 Å². The van der Waals surface area contributed by atoms with E-state index < -0.39 is 34.2 Å². The van der Waals surface area contributed by atoms with Gasteiger partial charge in [0.05, 0.1) is 17.5 Å². The monoisotopic (exact) mass is 499 g/mol. The molecule has 0 unspecified atom stereocenters. The zero-order chi connectivity index (χ0) is 24.5. The summed E-state index contributed by atoms with van der Waals surface area (Å²) in [5, 5.41) is 0. The van der Waals surface area contributed by atoms with Crippen molar-refractivity contribution in [1.29, 1.82) is 0 Å². The van der Waals surface area contributed by atoms with Crippen LogP contribution in [0.3, 0.4) is 0 Å². The van der Waals surface area contributed by atoms with Gasteiger partial charge in [0, 0.05) is 32.7 Å². The summed E-state index contributed by atoms with van der Waals surface area (Å²) >= 11 is 0. The summed E-state index contributed by atoms with van der Waals surface area (Å²) in [5.74, 6) is 0.933. The average molecular weight is 500 g/mol. The lowest BCUT2D eigenvalue weighted by atomic mass is 10.1. The van der Waals surface area contributed by atoms with Crippen molar-refractivity contribution in [1.82, 2.24) is 9.80 Å². The van der Waals surface area contributed by atoms with Crippen LogP contribution in [-0.2, 0) is 27.5 Å². The van der Waals surface area contributed by atoms with Gasteiger partial charge in [-0.15, -0.1) is 0 Å². The number of hydrogen-bond acceptors (Lipinski definition) is 6. The van der Waals surface area contributed by atoms with Gasteiger partial charge in [0.25, 0.3) is 0 Å². The van der Waals surface area contributed by atoms with Crippen LogP contribution in [0, 0.1) is 0 Å². The Balaban J connectivity index is 1.38. The molecule has 1 saturated heterocycles. The van der Waals surface area contributed by atoms with Crippen LogP contribution in [0.25, 0.3) is 0 Å². The summed E-state index contributed by atoms with van der Waals surface area (Å²) in [6, 6.07) is 9.67. The van der Waals surface area contributed by atoms with Gasteiger partial charge in [0.15, 0.2) is 11.5 Å². The first-order valence-corrected chi connectivity index (χ1v) is 12.4. The van der Waals surface area contributed by atoms with Gasteiger partial charge in [0.1, 0.15) is 6.54 Å². The number of hydrogen-bond donors (Lipinski definition) is 0. The molecule has 2 aliphatic heterocycles. The topological polar surface area (TPSA) is 79.4 Å². The second-order valence-electron chi connectivity index (χ2n) is 8.16. The molecular weight excluding hydrogens is 475 g/mol. The van der Waals surface area contributed by atoms with Gasteiger partial charge < -0.3 is 14.4 Å². The van der Waals surface area contributed by atoms with Gasteiger partial charge in [-0.2, -0.15) is 13.2 Å². The third-order valence-corrected chi connectivity index (χ3v) is 6.85. The molecule has 0 radical (unpaired) electrons. The quantitative estimate of drug-likeness (QED) is 0.608. The van der Waals surface area contributed by atoms with Crippen molar-refractivity contribution in [3.8, 4) is 11.5 Å². The maximum atomic E-state index is 13.1. The molecule has 8 nitrogen and oxygen atoms in total. The van der Waals surface area contributed by atoms with Crippen molar-refractivity contribution < 1.29 is 35.9 Å². The molecule has 12 heteroatoms. The minimum absolute atomic E-state index is 0.199. The predicted octanol–water partition coefficient (Wildman–Crippen LogP) is 2.54. The van der Waals surface area contributed by atoms with Crippen LogP contribution in [0.5, 0.6) is 11.5 Å². The van der Waals surface area contributed by atoms with Crippen LogP contribution in [0.15, 0.2) is 42.5 Å². The average Bonchev–Trinajstić information content (AvgIpc) is 3.24. The number of nitrogens with zero attached hydrogens (tertiary/aromatic N) is 3. The molecule has 0 atom stereocenters. The lowest BCUT2D eigenvalue weighted by Crippen LogP contribution is -2.51. The Kier molecular flexibility index (Phi) is 6.63. The normalized spacial score (nSPS) is 16.5. The van der Waals surface area contributed by atoms with Crippen LogP contribution in [0.1, 0.15) is 11.1 Å². The maximum absolute atomic E-state index is 13.1. The Morgan fingerprint density at radius 1 is 1.03 bits per heavy atom. The summed E-state index contributed by atoms with van der Waals surface area (Å²) in [6.45, 7) is 2.18. The largest absolute Gasteiger partial charge is 0.454 e. The molecule has 0 spiro atoms. The summed E-state index contributed by atoms with van der Waals surface area (Å²) in [5.41, 5.74) is -0.146. The highest BCUT2D eigenvalue weighted by Gasteiger charge is 2.32. The van der Waals surface area contributed by atoms with E-state index in [4.69, 9.17) is 9.47 Å². The van der Waals surface area contributed by atoms with Gasteiger partial charge in [0.2, 0.25) is 22.7 Å². The first-order valence-electron chi connectivity index (χ1n) is 10.5. The minimum atomic E-state index is -4.63. The number of halogens is 3. The number of rotatable bonds is 6. The Morgan fingerprint density at radius 2 is 1.74 bits per heavy atom. The molecule has 1 amide bonds. The molecule has 4 rings (SSSR count). The van der Waals surface area contributed by atoms with E-state index in [0.717, 1.165) is 30.0 Å². The SMILES string of the molecule is CS(=O)(=O)N(CC(=O)N1CCN(Cc2ccc3c(c2)OCO3)CC1)c1cccc(C(F)(F)F)c1. The summed E-state index contributed by atoms with van der Waals surface area (Å²) < 4.78 is 75.2. The van der Waals surface area contributed by atoms with E-state index in [0.29, 0.717) is 48.5 Å². The molecule has 1 fully saturated rings. The van der Waals surface area contributed by atoms with Crippen LogP contribution in [0.2, 0.25) is 0 Å². The third kappa shape index (κ3) is 5.55. The number of ether oxygens (including phenoxy) is 2. The molecule has 2 aromatic rings. The zero-order valence-corrected chi connectivity index (χ0v) is 19.2. The first-order chi connectivity index (χ1) is 16.0. The Bertz CT molecular complexity index is 1160. The summed E-state index contributed by atoms with van der Waals surface area (Å²) in [6.07, 6.45) is -3.76. The van der Waals surface area contributed by atoms with E-state index in [-0.39, 0.29) is 12.5 Å². The zero-order valence-electron chi connectivity index (χ0n) is 18.4. The Hall–Kier alpha value is -2.99. The molecule has 0 aliphatic carbocycles. The predicted molar refractivity (Wildman–Crippen MR) is 118 cm³/mol. The molecule has 0 aromatic heterocycles. The lowest BCUT2D eigenvalue weighted by Gasteiger charge is -2.36. The van der Waals surface area contributed by atoms with E-state index in [9.17, 15) is 26.4 Å². The number of piperazine rings is 1. The number of carbonyl (C=O) groups excluding carboxylic acids is 1. The van der Waals surface area contributed by atoms with Gasteiger partial charge in [-0.1, -0.05) is 12.1 Å². The number of benzene rings is 2.